The van der Waals surface area contributed by atoms with Crippen LogP contribution < -0.4 is 0 Å². The number of carboxylic acids is 1. The van der Waals surface area contributed by atoms with E-state index in [1.165, 1.54) is 11.2 Å². The largest absolute Gasteiger partial charge is 0.480 e. The summed E-state index contributed by atoms with van der Waals surface area (Å²) in [6.45, 7) is 3.83. The molecular formula is C11H15N3O3. The molecule has 0 saturated heterocycles. The molecule has 1 aromatic heterocycles. The number of rotatable bonds is 2. The van der Waals surface area contributed by atoms with Crippen LogP contribution in [-0.2, 0) is 22.6 Å². The van der Waals surface area contributed by atoms with Gasteiger partial charge in [0.25, 0.3) is 0 Å². The van der Waals surface area contributed by atoms with Gasteiger partial charge in [0, 0.05) is 12.3 Å². The van der Waals surface area contributed by atoms with Gasteiger partial charge >= 0.3 is 5.97 Å². The molecule has 1 amide bonds. The lowest BCUT2D eigenvalue weighted by Crippen LogP contribution is -2.50. The van der Waals surface area contributed by atoms with Crippen LogP contribution in [0.15, 0.2) is 6.33 Å². The minimum absolute atomic E-state index is 0.141. The first-order valence-corrected chi connectivity index (χ1v) is 5.55. The number of hydrogen-bond donors (Lipinski definition) is 2. The molecule has 1 aliphatic rings. The lowest BCUT2D eigenvalue weighted by Gasteiger charge is -2.33. The van der Waals surface area contributed by atoms with Crippen LogP contribution in [0.4, 0.5) is 0 Å². The first kappa shape index (κ1) is 11.6. The van der Waals surface area contributed by atoms with E-state index >= 15 is 0 Å². The van der Waals surface area contributed by atoms with E-state index in [1.54, 1.807) is 13.8 Å². The highest BCUT2D eigenvalue weighted by molar-refractivity contribution is 5.85. The summed E-state index contributed by atoms with van der Waals surface area (Å²) in [7, 11) is 0. The van der Waals surface area contributed by atoms with Crippen molar-refractivity contribution in [3.63, 3.8) is 0 Å². The molecule has 92 valence electrons. The highest BCUT2D eigenvalue weighted by Crippen LogP contribution is 2.22. The minimum Gasteiger partial charge on any atom is -0.480 e. The fraction of sp³-hybridized carbons (Fsp3) is 0.545. The van der Waals surface area contributed by atoms with Crippen molar-refractivity contribution in [3.05, 3.63) is 17.7 Å². The molecule has 0 fully saturated rings. The third kappa shape index (κ3) is 2.02. The number of nitrogens with zero attached hydrogens (tertiary/aromatic N) is 2. The molecular weight excluding hydrogens is 222 g/mol. The average molecular weight is 237 g/mol. The van der Waals surface area contributed by atoms with Crippen molar-refractivity contribution in [3.8, 4) is 0 Å². The zero-order chi connectivity index (χ0) is 12.6. The minimum atomic E-state index is -0.979. The molecule has 6 nitrogen and oxygen atoms in total. The monoisotopic (exact) mass is 237 g/mol. The van der Waals surface area contributed by atoms with E-state index in [9.17, 15) is 14.7 Å². The van der Waals surface area contributed by atoms with E-state index in [-0.39, 0.29) is 18.2 Å². The highest BCUT2D eigenvalue weighted by atomic mass is 16.4. The molecule has 2 rings (SSSR count). The van der Waals surface area contributed by atoms with Crippen LogP contribution in [0.25, 0.3) is 0 Å². The Bertz CT molecular complexity index is 453. The molecule has 0 spiro atoms. The molecule has 2 heterocycles. The summed E-state index contributed by atoms with van der Waals surface area (Å²) >= 11 is 0. The van der Waals surface area contributed by atoms with E-state index in [1.807, 2.05) is 0 Å². The molecule has 0 aliphatic carbocycles. The molecule has 1 unspecified atom stereocenters. The molecule has 1 aromatic rings. The molecule has 17 heavy (non-hydrogen) atoms. The van der Waals surface area contributed by atoms with Gasteiger partial charge < -0.3 is 15.0 Å². The Labute approximate surface area is 98.7 Å². The summed E-state index contributed by atoms with van der Waals surface area (Å²) in [6.07, 6.45) is 1.81. The Morgan fingerprint density at radius 1 is 1.59 bits per heavy atom. The molecule has 0 saturated carbocycles. The number of aliphatic carboxylic acids is 1. The zero-order valence-electron chi connectivity index (χ0n) is 9.80. The standard InChI is InChI=1S/C11H15N3O3/c1-6(2)10(15)14-4-8-7(12-5-13-8)3-9(14)11(16)17/h5-6,9H,3-4H2,1-2H3,(H,12,13)(H,16,17). The van der Waals surface area contributed by atoms with Gasteiger partial charge in [-0.25, -0.2) is 9.78 Å². The van der Waals surface area contributed by atoms with Gasteiger partial charge in [0.2, 0.25) is 5.91 Å². The Morgan fingerprint density at radius 3 is 2.88 bits per heavy atom. The summed E-state index contributed by atoms with van der Waals surface area (Å²) in [5, 5.41) is 9.17. The number of aromatic nitrogens is 2. The Morgan fingerprint density at radius 2 is 2.29 bits per heavy atom. The lowest BCUT2D eigenvalue weighted by molar-refractivity contribution is -0.152. The second-order valence-corrected chi connectivity index (χ2v) is 4.51. The van der Waals surface area contributed by atoms with E-state index < -0.39 is 12.0 Å². The summed E-state index contributed by atoms with van der Waals surface area (Å²) in [5.41, 5.74) is 1.57. The zero-order valence-corrected chi connectivity index (χ0v) is 9.80. The van der Waals surface area contributed by atoms with Crippen LogP contribution in [0.5, 0.6) is 0 Å². The van der Waals surface area contributed by atoms with Crippen LogP contribution in [0.3, 0.4) is 0 Å². The molecule has 0 radical (unpaired) electrons. The van der Waals surface area contributed by atoms with E-state index in [4.69, 9.17) is 0 Å². The van der Waals surface area contributed by atoms with Crippen LogP contribution in [0, 0.1) is 5.92 Å². The van der Waals surface area contributed by atoms with Crippen molar-refractivity contribution >= 4 is 11.9 Å². The number of H-pyrrole nitrogens is 1. The van der Waals surface area contributed by atoms with Crippen molar-refractivity contribution in [2.24, 2.45) is 5.92 Å². The maximum absolute atomic E-state index is 12.0. The Hall–Kier alpha value is -1.85. The summed E-state index contributed by atoms with van der Waals surface area (Å²) in [6, 6.07) is -0.805. The van der Waals surface area contributed by atoms with Crippen LogP contribution >= 0.6 is 0 Å². The fourth-order valence-corrected chi connectivity index (χ4v) is 2.02. The second kappa shape index (κ2) is 4.20. The summed E-state index contributed by atoms with van der Waals surface area (Å²) in [5.74, 6) is -1.33. The maximum atomic E-state index is 12.0. The van der Waals surface area contributed by atoms with Crippen LogP contribution in [0.1, 0.15) is 25.2 Å². The number of carbonyl (C=O) groups is 2. The Kier molecular flexibility index (Phi) is 2.87. The number of hydrogen-bond acceptors (Lipinski definition) is 3. The third-order valence-corrected chi connectivity index (χ3v) is 2.96. The van der Waals surface area contributed by atoms with Gasteiger partial charge in [0.1, 0.15) is 6.04 Å². The van der Waals surface area contributed by atoms with Gasteiger partial charge in [-0.2, -0.15) is 0 Å². The van der Waals surface area contributed by atoms with Crippen molar-refractivity contribution in [1.82, 2.24) is 14.9 Å². The van der Waals surface area contributed by atoms with Gasteiger partial charge in [0.15, 0.2) is 0 Å². The third-order valence-electron chi connectivity index (χ3n) is 2.96. The first-order chi connectivity index (χ1) is 8.00. The van der Waals surface area contributed by atoms with Crippen molar-refractivity contribution in [2.45, 2.75) is 32.9 Å². The van der Waals surface area contributed by atoms with Gasteiger partial charge in [-0.05, 0) is 0 Å². The van der Waals surface area contributed by atoms with Gasteiger partial charge in [-0.15, -0.1) is 0 Å². The number of imidazole rings is 1. The lowest BCUT2D eigenvalue weighted by atomic mass is 10.0. The summed E-state index contributed by atoms with van der Waals surface area (Å²) < 4.78 is 0. The van der Waals surface area contributed by atoms with Crippen molar-refractivity contribution in [1.29, 1.82) is 0 Å². The van der Waals surface area contributed by atoms with Gasteiger partial charge in [-0.3, -0.25) is 4.79 Å². The molecule has 1 aliphatic heterocycles. The molecule has 0 aromatic carbocycles. The maximum Gasteiger partial charge on any atom is 0.326 e. The predicted molar refractivity (Wildman–Crippen MR) is 59.1 cm³/mol. The number of nitrogens with one attached hydrogen (secondary N) is 1. The molecule has 1 atom stereocenters. The van der Waals surface area contributed by atoms with E-state index in [2.05, 4.69) is 9.97 Å². The second-order valence-electron chi connectivity index (χ2n) is 4.51. The highest BCUT2D eigenvalue weighted by Gasteiger charge is 2.36. The van der Waals surface area contributed by atoms with Crippen LogP contribution in [-0.4, -0.2) is 37.9 Å². The Balaban J connectivity index is 2.31. The van der Waals surface area contributed by atoms with Gasteiger partial charge in [-0.1, -0.05) is 13.8 Å². The molecule has 2 N–H and O–H groups in total. The van der Waals surface area contributed by atoms with E-state index in [0.29, 0.717) is 6.54 Å². The number of carboxylic acid groups (broad SMARTS) is 1. The number of fused-ring (bicyclic) bond motifs is 1. The number of amides is 1. The topological polar surface area (TPSA) is 86.3 Å². The number of carbonyl (C=O) groups excluding carboxylic acids is 1. The smallest absolute Gasteiger partial charge is 0.326 e. The first-order valence-electron chi connectivity index (χ1n) is 5.55. The number of aromatic amines is 1. The van der Waals surface area contributed by atoms with Crippen molar-refractivity contribution < 1.29 is 14.7 Å². The van der Waals surface area contributed by atoms with Crippen molar-refractivity contribution in [2.75, 3.05) is 0 Å². The fourth-order valence-electron chi connectivity index (χ4n) is 2.02. The van der Waals surface area contributed by atoms with Gasteiger partial charge in [0.05, 0.1) is 24.3 Å². The quantitative estimate of drug-likeness (QED) is 0.779. The SMILES string of the molecule is CC(C)C(=O)N1Cc2[nH]cnc2CC1C(=O)O. The van der Waals surface area contributed by atoms with E-state index in [0.717, 1.165) is 11.4 Å². The molecule has 6 heteroatoms. The summed E-state index contributed by atoms with van der Waals surface area (Å²) in [4.78, 5) is 31.6. The predicted octanol–water partition coefficient (Wildman–Crippen LogP) is 0.404. The van der Waals surface area contributed by atoms with Crippen LogP contribution in [0.2, 0.25) is 0 Å². The normalized spacial score (nSPS) is 19.2. The molecule has 0 bridgehead atoms. The average Bonchev–Trinajstić information content (AvgIpc) is 2.72.